The lowest BCUT2D eigenvalue weighted by atomic mass is 10.3. The number of benzene rings is 1. The Morgan fingerprint density at radius 3 is 2.21 bits per heavy atom. The number of para-hydroxylation sites is 2. The molecule has 1 aromatic carbocycles. The first-order valence-electron chi connectivity index (χ1n) is 3.62. The fourth-order valence-corrected chi connectivity index (χ4v) is 0.803. The molecule has 0 N–H and O–H groups in total. The summed E-state index contributed by atoms with van der Waals surface area (Å²) in [7, 11) is -6.00. The third-order valence-corrected chi connectivity index (χ3v) is 1.24. The maximum Gasteiger partial charge on any atom is 0.673 e. The summed E-state index contributed by atoms with van der Waals surface area (Å²) in [6.07, 6.45) is 1.45. The first kappa shape index (κ1) is 10.6. The lowest BCUT2D eigenvalue weighted by Gasteiger charge is -1.94. The van der Waals surface area contributed by atoms with Gasteiger partial charge in [-0.1, -0.05) is 12.1 Å². The van der Waals surface area contributed by atoms with Crippen LogP contribution in [-0.2, 0) is 0 Å². The van der Waals surface area contributed by atoms with Gasteiger partial charge in [-0.05, 0) is 12.1 Å². The average Bonchev–Trinajstić information content (AvgIpc) is 2.47. The molecule has 0 spiro atoms. The van der Waals surface area contributed by atoms with Crippen molar-refractivity contribution in [3.8, 4) is 0 Å². The summed E-state index contributed by atoms with van der Waals surface area (Å²) in [6, 6.07) is 7.67. The van der Waals surface area contributed by atoms with E-state index in [2.05, 4.69) is 4.98 Å². The molecule has 0 radical (unpaired) electrons. The van der Waals surface area contributed by atoms with Gasteiger partial charge in [0.05, 0.1) is 0 Å². The van der Waals surface area contributed by atoms with Crippen LogP contribution in [0, 0.1) is 0 Å². The minimum absolute atomic E-state index is 0.845. The van der Waals surface area contributed by atoms with E-state index < -0.39 is 7.25 Å². The van der Waals surface area contributed by atoms with Crippen LogP contribution in [0.3, 0.4) is 0 Å². The summed E-state index contributed by atoms with van der Waals surface area (Å²) in [5.74, 6) is 0. The number of hydrogen-bond acceptors (Lipinski definition) is 2. The summed E-state index contributed by atoms with van der Waals surface area (Å²) in [6.45, 7) is 0. The molecule has 0 saturated heterocycles. The zero-order valence-electron chi connectivity index (χ0n) is 6.83. The van der Waals surface area contributed by atoms with Crippen molar-refractivity contribution in [3.63, 3.8) is 0 Å². The van der Waals surface area contributed by atoms with E-state index in [1.165, 1.54) is 6.39 Å². The van der Waals surface area contributed by atoms with Crippen LogP contribution in [0.5, 0.6) is 0 Å². The van der Waals surface area contributed by atoms with E-state index in [0.29, 0.717) is 0 Å². The number of nitrogens with zero attached hydrogens (tertiary/aromatic N) is 1. The van der Waals surface area contributed by atoms with Gasteiger partial charge in [-0.25, -0.2) is 4.98 Å². The Bertz CT molecular complexity index is 363. The largest absolute Gasteiger partial charge is 0.673 e. The molecule has 0 aliphatic carbocycles. The van der Waals surface area contributed by atoms with Gasteiger partial charge in [0.15, 0.2) is 12.0 Å². The highest BCUT2D eigenvalue weighted by Crippen LogP contribution is 2.09. The minimum Gasteiger partial charge on any atom is -0.443 e. The molecule has 2 rings (SSSR count). The highest BCUT2D eigenvalue weighted by molar-refractivity contribution is 6.50. The van der Waals surface area contributed by atoms with Gasteiger partial charge in [0, 0.05) is 0 Å². The summed E-state index contributed by atoms with van der Waals surface area (Å²) < 4.78 is 44.0. The summed E-state index contributed by atoms with van der Waals surface area (Å²) in [5.41, 5.74) is 1.76. The van der Waals surface area contributed by atoms with Crippen LogP contribution in [0.2, 0.25) is 0 Å². The topological polar surface area (TPSA) is 26.0 Å². The molecule has 1 aromatic heterocycles. The predicted octanol–water partition coefficient (Wildman–Crippen LogP) is 3.13. The lowest BCUT2D eigenvalue weighted by molar-refractivity contribution is 0.368. The van der Waals surface area contributed by atoms with Gasteiger partial charge in [-0.2, -0.15) is 0 Å². The fourth-order valence-electron chi connectivity index (χ4n) is 0.803. The summed E-state index contributed by atoms with van der Waals surface area (Å²) in [4.78, 5) is 3.95. The Labute approximate surface area is 76.7 Å². The van der Waals surface area contributed by atoms with Gasteiger partial charge in [-0.15, -0.1) is 0 Å². The fraction of sp³-hybridized carbons (Fsp3) is 0. The lowest BCUT2D eigenvalue weighted by Crippen LogP contribution is -2.02. The van der Waals surface area contributed by atoms with Crippen LogP contribution in [0.1, 0.15) is 0 Å². The smallest absolute Gasteiger partial charge is 0.443 e. The summed E-state index contributed by atoms with van der Waals surface area (Å²) in [5, 5.41) is 0. The van der Waals surface area contributed by atoms with E-state index >= 15 is 0 Å². The minimum atomic E-state index is -6.00. The molecule has 0 unspecified atom stereocenters. The second kappa shape index (κ2) is 4.12. The third-order valence-electron chi connectivity index (χ3n) is 1.24. The number of oxazole rings is 1. The second-order valence-electron chi connectivity index (χ2n) is 2.31. The van der Waals surface area contributed by atoms with Gasteiger partial charge in [0.1, 0.15) is 5.52 Å². The van der Waals surface area contributed by atoms with Gasteiger partial charge in [0.25, 0.3) is 0 Å². The molecule has 2 nitrogen and oxygen atoms in total. The van der Waals surface area contributed by atoms with Gasteiger partial charge < -0.3 is 21.7 Å². The van der Waals surface area contributed by atoms with Crippen molar-refractivity contribution in [1.29, 1.82) is 0 Å². The molecule has 0 aliphatic rings. The van der Waals surface area contributed by atoms with Crippen LogP contribution in [0.15, 0.2) is 35.1 Å². The molecule has 2 aromatic rings. The van der Waals surface area contributed by atoms with Crippen molar-refractivity contribution in [3.05, 3.63) is 30.7 Å². The van der Waals surface area contributed by atoms with Gasteiger partial charge >= 0.3 is 7.25 Å². The van der Waals surface area contributed by atoms with Gasteiger partial charge in [0.2, 0.25) is 0 Å². The third kappa shape index (κ3) is 3.93. The number of fused-ring (bicyclic) bond motifs is 1. The standard InChI is InChI=1S/C7H5NO.BF4/c1-2-4-7-6(3-1)8-5-9-7;2-1(3,4)5/h1-5H;/q;-1. The van der Waals surface area contributed by atoms with E-state index in [-0.39, 0.29) is 0 Å². The Morgan fingerprint density at radius 2 is 1.64 bits per heavy atom. The normalized spacial score (nSPS) is 10.9. The Balaban J connectivity index is 0.000000171. The Kier molecular flexibility index (Phi) is 3.11. The van der Waals surface area contributed by atoms with Crippen molar-refractivity contribution in [1.82, 2.24) is 4.98 Å². The second-order valence-corrected chi connectivity index (χ2v) is 2.31. The van der Waals surface area contributed by atoms with Crippen LogP contribution in [-0.4, -0.2) is 12.2 Å². The van der Waals surface area contributed by atoms with Crippen LogP contribution >= 0.6 is 0 Å². The van der Waals surface area contributed by atoms with Crippen molar-refractivity contribution < 1.29 is 21.7 Å². The molecule has 14 heavy (non-hydrogen) atoms. The molecule has 0 atom stereocenters. The van der Waals surface area contributed by atoms with Crippen molar-refractivity contribution in [2.45, 2.75) is 0 Å². The molecule has 0 saturated carbocycles. The van der Waals surface area contributed by atoms with E-state index in [4.69, 9.17) is 4.42 Å². The molecule has 1 heterocycles. The van der Waals surface area contributed by atoms with E-state index in [9.17, 15) is 17.3 Å². The van der Waals surface area contributed by atoms with Crippen LogP contribution in [0.25, 0.3) is 11.1 Å². The quantitative estimate of drug-likeness (QED) is 0.488. The van der Waals surface area contributed by atoms with Gasteiger partial charge in [-0.3, -0.25) is 0 Å². The maximum absolute atomic E-state index is 9.75. The van der Waals surface area contributed by atoms with Crippen molar-refractivity contribution >= 4 is 18.4 Å². The zero-order valence-corrected chi connectivity index (χ0v) is 6.83. The SMILES string of the molecule is F[B-](F)(F)F.c1ccc2ocnc2c1. The first-order chi connectivity index (χ1) is 6.47. The highest BCUT2D eigenvalue weighted by Gasteiger charge is 2.20. The Morgan fingerprint density at radius 1 is 1.07 bits per heavy atom. The molecule has 0 amide bonds. The predicted molar refractivity (Wildman–Crippen MR) is 44.2 cm³/mol. The molecular formula is C7H5BF4NO-. The average molecular weight is 206 g/mol. The Hall–Kier alpha value is -1.53. The molecule has 0 fully saturated rings. The van der Waals surface area contributed by atoms with E-state index in [0.717, 1.165) is 11.1 Å². The number of aromatic nitrogens is 1. The molecule has 0 bridgehead atoms. The number of rotatable bonds is 0. The number of hydrogen-bond donors (Lipinski definition) is 0. The number of halogens is 4. The first-order valence-corrected chi connectivity index (χ1v) is 3.62. The molecule has 0 aliphatic heterocycles. The summed E-state index contributed by atoms with van der Waals surface area (Å²) >= 11 is 0. The molecule has 7 heteroatoms. The van der Waals surface area contributed by atoms with Crippen molar-refractivity contribution in [2.24, 2.45) is 0 Å². The van der Waals surface area contributed by atoms with Crippen LogP contribution < -0.4 is 0 Å². The van der Waals surface area contributed by atoms with Crippen LogP contribution in [0.4, 0.5) is 17.3 Å². The van der Waals surface area contributed by atoms with E-state index in [1.54, 1.807) is 0 Å². The molecule has 76 valence electrons. The highest BCUT2D eigenvalue weighted by atomic mass is 19.5. The zero-order chi connectivity index (χ0) is 10.6. The molecular weight excluding hydrogens is 201 g/mol. The monoisotopic (exact) mass is 206 g/mol. The maximum atomic E-state index is 9.75. The van der Waals surface area contributed by atoms with E-state index in [1.807, 2.05) is 24.3 Å². The van der Waals surface area contributed by atoms with Crippen molar-refractivity contribution in [2.75, 3.05) is 0 Å².